The van der Waals surface area contributed by atoms with Crippen LogP contribution in [0.25, 0.3) is 0 Å². The molecule has 0 aliphatic heterocycles. The molecule has 0 fully saturated rings. The van der Waals surface area contributed by atoms with Crippen LogP contribution >= 0.6 is 23.2 Å². The monoisotopic (exact) mass is 297 g/mol. The molecule has 1 N–H and O–H groups in total. The molecular weight excluding hydrogens is 281 g/mol. The van der Waals surface area contributed by atoms with Gasteiger partial charge in [-0.3, -0.25) is 0 Å². The molecular formula is C14H17Cl2N3. The minimum atomic E-state index is 0.680. The molecule has 19 heavy (non-hydrogen) atoms. The zero-order chi connectivity index (χ0) is 13.8. The fourth-order valence-corrected chi connectivity index (χ4v) is 2.35. The molecule has 0 radical (unpaired) electrons. The van der Waals surface area contributed by atoms with Gasteiger partial charge in [-0.25, -0.2) is 4.98 Å². The van der Waals surface area contributed by atoms with Crippen molar-refractivity contribution < 1.29 is 0 Å². The molecule has 0 spiro atoms. The SMILES string of the molecule is CCCn1cncc1CNc1cc(Cl)c(C)cc1Cl. The lowest BCUT2D eigenvalue weighted by molar-refractivity contribution is 0.651. The third kappa shape index (κ3) is 3.43. The number of imidazole rings is 1. The number of anilines is 1. The molecule has 5 heteroatoms. The highest BCUT2D eigenvalue weighted by Crippen LogP contribution is 2.29. The van der Waals surface area contributed by atoms with Crippen LogP contribution < -0.4 is 5.32 Å². The minimum absolute atomic E-state index is 0.680. The van der Waals surface area contributed by atoms with Gasteiger partial charge in [0.15, 0.2) is 0 Å². The van der Waals surface area contributed by atoms with E-state index in [1.807, 2.05) is 31.6 Å². The zero-order valence-electron chi connectivity index (χ0n) is 11.1. The summed E-state index contributed by atoms with van der Waals surface area (Å²) < 4.78 is 2.14. The first-order valence-electron chi connectivity index (χ1n) is 6.30. The molecule has 0 aliphatic rings. The lowest BCUT2D eigenvalue weighted by Gasteiger charge is -2.12. The largest absolute Gasteiger partial charge is 0.378 e. The first kappa shape index (κ1) is 14.2. The van der Waals surface area contributed by atoms with Gasteiger partial charge in [0.25, 0.3) is 0 Å². The highest BCUT2D eigenvalue weighted by atomic mass is 35.5. The summed E-state index contributed by atoms with van der Waals surface area (Å²) in [6, 6.07) is 3.73. The van der Waals surface area contributed by atoms with Gasteiger partial charge >= 0.3 is 0 Å². The van der Waals surface area contributed by atoms with Crippen LogP contribution in [-0.2, 0) is 13.1 Å². The molecule has 0 aliphatic carbocycles. The first-order chi connectivity index (χ1) is 9.11. The van der Waals surface area contributed by atoms with E-state index in [0.29, 0.717) is 16.6 Å². The number of nitrogens with zero attached hydrogens (tertiary/aromatic N) is 2. The molecule has 0 atom stereocenters. The summed E-state index contributed by atoms with van der Waals surface area (Å²) in [6.45, 7) is 5.74. The fraction of sp³-hybridized carbons (Fsp3) is 0.357. The van der Waals surface area contributed by atoms with Crippen molar-refractivity contribution in [2.24, 2.45) is 0 Å². The maximum absolute atomic E-state index is 6.20. The van der Waals surface area contributed by atoms with Crippen molar-refractivity contribution in [2.75, 3.05) is 5.32 Å². The van der Waals surface area contributed by atoms with Crippen molar-refractivity contribution in [2.45, 2.75) is 33.4 Å². The molecule has 1 heterocycles. The fourth-order valence-electron chi connectivity index (χ4n) is 1.91. The first-order valence-corrected chi connectivity index (χ1v) is 7.06. The van der Waals surface area contributed by atoms with Gasteiger partial charge in [0.2, 0.25) is 0 Å². The van der Waals surface area contributed by atoms with Gasteiger partial charge in [-0.2, -0.15) is 0 Å². The summed E-state index contributed by atoms with van der Waals surface area (Å²) in [5.41, 5.74) is 2.96. The Kier molecular flexibility index (Phi) is 4.72. The van der Waals surface area contributed by atoms with Crippen LogP contribution in [-0.4, -0.2) is 9.55 Å². The number of nitrogens with one attached hydrogen (secondary N) is 1. The van der Waals surface area contributed by atoms with Crippen LogP contribution in [0.1, 0.15) is 24.6 Å². The van der Waals surface area contributed by atoms with Gasteiger partial charge in [0.05, 0.1) is 29.3 Å². The van der Waals surface area contributed by atoms with E-state index in [9.17, 15) is 0 Å². The third-order valence-corrected chi connectivity index (χ3v) is 3.69. The summed E-state index contributed by atoms with van der Waals surface area (Å²) in [6.07, 6.45) is 4.80. The average molecular weight is 298 g/mol. The van der Waals surface area contributed by atoms with E-state index in [1.165, 1.54) is 0 Å². The van der Waals surface area contributed by atoms with E-state index in [4.69, 9.17) is 23.2 Å². The van der Waals surface area contributed by atoms with Crippen molar-refractivity contribution in [3.63, 3.8) is 0 Å². The minimum Gasteiger partial charge on any atom is -0.378 e. The molecule has 1 aromatic heterocycles. The van der Waals surface area contributed by atoms with Crippen LogP contribution in [0.3, 0.4) is 0 Å². The third-order valence-electron chi connectivity index (χ3n) is 2.97. The Morgan fingerprint density at radius 2 is 2.05 bits per heavy atom. The Morgan fingerprint density at radius 1 is 1.26 bits per heavy atom. The number of hydrogen-bond donors (Lipinski definition) is 1. The van der Waals surface area contributed by atoms with Gasteiger partial charge in [0.1, 0.15) is 0 Å². The van der Waals surface area contributed by atoms with E-state index in [2.05, 4.69) is 21.8 Å². The van der Waals surface area contributed by atoms with E-state index >= 15 is 0 Å². The lowest BCUT2D eigenvalue weighted by Crippen LogP contribution is -2.07. The molecule has 0 unspecified atom stereocenters. The zero-order valence-corrected chi connectivity index (χ0v) is 12.6. The average Bonchev–Trinajstić information content (AvgIpc) is 2.80. The molecule has 0 amide bonds. The van der Waals surface area contributed by atoms with E-state index < -0.39 is 0 Å². The number of halogens is 2. The summed E-state index contributed by atoms with van der Waals surface area (Å²) in [7, 11) is 0. The smallest absolute Gasteiger partial charge is 0.0948 e. The summed E-state index contributed by atoms with van der Waals surface area (Å²) in [5, 5.41) is 4.71. The highest BCUT2D eigenvalue weighted by molar-refractivity contribution is 6.35. The van der Waals surface area contributed by atoms with Crippen molar-refractivity contribution in [3.8, 4) is 0 Å². The van der Waals surface area contributed by atoms with Crippen LogP contribution in [0.2, 0.25) is 10.0 Å². The number of benzene rings is 1. The van der Waals surface area contributed by atoms with E-state index in [0.717, 1.165) is 29.9 Å². The lowest BCUT2D eigenvalue weighted by atomic mass is 10.2. The predicted molar refractivity (Wildman–Crippen MR) is 81.0 cm³/mol. The number of aromatic nitrogens is 2. The van der Waals surface area contributed by atoms with Crippen LogP contribution in [0.5, 0.6) is 0 Å². The molecule has 1 aromatic carbocycles. The second-order valence-electron chi connectivity index (χ2n) is 4.51. The van der Waals surface area contributed by atoms with Gasteiger partial charge in [-0.1, -0.05) is 30.1 Å². The quantitative estimate of drug-likeness (QED) is 0.879. The Bertz CT molecular complexity index is 564. The van der Waals surface area contributed by atoms with Crippen LogP contribution in [0.4, 0.5) is 5.69 Å². The molecule has 0 saturated carbocycles. The molecule has 0 bridgehead atoms. The van der Waals surface area contributed by atoms with Gasteiger partial charge < -0.3 is 9.88 Å². The number of hydrogen-bond acceptors (Lipinski definition) is 2. The van der Waals surface area contributed by atoms with Gasteiger partial charge in [0, 0.05) is 17.8 Å². The summed E-state index contributed by atoms with van der Waals surface area (Å²) in [5.74, 6) is 0. The Balaban J connectivity index is 2.10. The molecule has 3 nitrogen and oxygen atoms in total. The summed E-state index contributed by atoms with van der Waals surface area (Å²) >= 11 is 12.3. The second-order valence-corrected chi connectivity index (χ2v) is 5.33. The topological polar surface area (TPSA) is 29.9 Å². The molecule has 2 rings (SSSR count). The second kappa shape index (κ2) is 6.31. The standard InChI is InChI=1S/C14H17Cl2N3/c1-3-4-19-9-17-7-11(19)8-18-14-6-12(15)10(2)5-13(14)16/h5-7,9,18H,3-4,8H2,1-2H3. The predicted octanol–water partition coefficient (Wildman–Crippen LogP) is 4.52. The molecule has 102 valence electrons. The Morgan fingerprint density at radius 3 is 2.79 bits per heavy atom. The van der Waals surface area contributed by atoms with Crippen LogP contribution in [0, 0.1) is 6.92 Å². The van der Waals surface area contributed by atoms with E-state index in [-0.39, 0.29) is 0 Å². The van der Waals surface area contributed by atoms with Crippen molar-refractivity contribution in [3.05, 3.63) is 46.0 Å². The van der Waals surface area contributed by atoms with Gasteiger partial charge in [-0.05, 0) is 31.0 Å². The maximum atomic E-state index is 6.20. The Labute approximate surface area is 123 Å². The Hall–Kier alpha value is -1.19. The van der Waals surface area contributed by atoms with Crippen molar-refractivity contribution >= 4 is 28.9 Å². The van der Waals surface area contributed by atoms with E-state index in [1.54, 1.807) is 0 Å². The number of aryl methyl sites for hydroxylation is 2. The maximum Gasteiger partial charge on any atom is 0.0948 e. The molecule has 0 saturated heterocycles. The summed E-state index contributed by atoms with van der Waals surface area (Å²) in [4.78, 5) is 4.17. The molecule has 2 aromatic rings. The highest BCUT2D eigenvalue weighted by Gasteiger charge is 2.06. The van der Waals surface area contributed by atoms with Crippen LogP contribution in [0.15, 0.2) is 24.7 Å². The normalized spacial score (nSPS) is 10.7. The van der Waals surface area contributed by atoms with Crippen molar-refractivity contribution in [1.29, 1.82) is 0 Å². The number of rotatable bonds is 5. The van der Waals surface area contributed by atoms with Crippen molar-refractivity contribution in [1.82, 2.24) is 9.55 Å². The van der Waals surface area contributed by atoms with Gasteiger partial charge in [-0.15, -0.1) is 0 Å².